The van der Waals surface area contributed by atoms with Crippen LogP contribution in [0, 0.1) is 0 Å². The number of sulfonamides is 1. The molecule has 0 unspecified atom stereocenters. The average molecular weight is 410 g/mol. The Morgan fingerprint density at radius 3 is 2.43 bits per heavy atom. The summed E-state index contributed by atoms with van der Waals surface area (Å²) in [7, 11) is -3.54. The van der Waals surface area contributed by atoms with Gasteiger partial charge in [-0.3, -0.25) is 19.6 Å². The van der Waals surface area contributed by atoms with E-state index in [2.05, 4.69) is 25.9 Å². The van der Waals surface area contributed by atoms with Crippen LogP contribution >= 0.6 is 0 Å². The van der Waals surface area contributed by atoms with Gasteiger partial charge in [-0.2, -0.15) is 5.10 Å². The van der Waals surface area contributed by atoms with Gasteiger partial charge in [-0.1, -0.05) is 0 Å². The molecule has 2 saturated heterocycles. The van der Waals surface area contributed by atoms with Crippen LogP contribution < -0.4 is 9.62 Å². The maximum absolute atomic E-state index is 12.4. The number of nitrogens with one attached hydrogen (secondary N) is 2. The Labute approximate surface area is 164 Å². The third-order valence-electron chi connectivity index (χ3n) is 5.73. The lowest BCUT2D eigenvalue weighted by molar-refractivity contribution is -0.147. The van der Waals surface area contributed by atoms with Crippen LogP contribution in [-0.4, -0.2) is 66.8 Å². The normalized spacial score (nSPS) is 22.1. The van der Waals surface area contributed by atoms with E-state index in [-0.39, 0.29) is 30.2 Å². The Morgan fingerprint density at radius 2 is 1.79 bits per heavy atom. The largest absolute Gasteiger partial charge is 0.355 e. The molecule has 1 aromatic heterocycles. The molecule has 0 atom stereocenters. The summed E-state index contributed by atoms with van der Waals surface area (Å²) >= 11 is 0. The fraction of sp³-hybridized carbons (Fsp3) is 0.722. The van der Waals surface area contributed by atoms with Gasteiger partial charge in [0.15, 0.2) is 5.82 Å². The van der Waals surface area contributed by atoms with Crippen LogP contribution in [0.4, 0.5) is 5.82 Å². The minimum Gasteiger partial charge on any atom is -0.355 e. The van der Waals surface area contributed by atoms with E-state index in [0.29, 0.717) is 38.0 Å². The highest BCUT2D eigenvalue weighted by Gasteiger charge is 2.30. The number of piperidine rings is 2. The SMILES string of the molecule is O=C1CCCC(=O)N1CCS(=O)(=O)NC1CCN(c2cc(C3CC3)[nH]n2)CC1. The molecule has 0 aromatic carbocycles. The van der Waals surface area contributed by atoms with Crippen LogP contribution in [0.25, 0.3) is 0 Å². The molecule has 0 radical (unpaired) electrons. The molecule has 3 aliphatic rings. The van der Waals surface area contributed by atoms with Crippen molar-refractivity contribution in [2.45, 2.75) is 56.9 Å². The average Bonchev–Trinajstić information content (AvgIpc) is 3.39. The molecule has 1 aliphatic carbocycles. The molecule has 28 heavy (non-hydrogen) atoms. The number of imide groups is 1. The van der Waals surface area contributed by atoms with Gasteiger partial charge in [0.05, 0.1) is 5.75 Å². The first kappa shape index (κ1) is 19.4. The van der Waals surface area contributed by atoms with E-state index in [1.807, 2.05) is 0 Å². The first-order valence-electron chi connectivity index (χ1n) is 10.0. The first-order valence-corrected chi connectivity index (χ1v) is 11.7. The lowest BCUT2D eigenvalue weighted by Crippen LogP contribution is -2.48. The van der Waals surface area contributed by atoms with Crippen molar-refractivity contribution in [2.75, 3.05) is 30.3 Å². The van der Waals surface area contributed by atoms with Crippen molar-refractivity contribution in [3.63, 3.8) is 0 Å². The van der Waals surface area contributed by atoms with E-state index in [0.717, 1.165) is 23.8 Å². The molecular weight excluding hydrogens is 382 g/mol. The Morgan fingerprint density at radius 1 is 1.11 bits per heavy atom. The number of nitrogens with zero attached hydrogens (tertiary/aromatic N) is 3. The molecule has 1 aromatic rings. The van der Waals surface area contributed by atoms with Crippen LogP contribution in [0.1, 0.15) is 56.6 Å². The number of carbonyl (C=O) groups excluding carboxylic acids is 2. The molecule has 2 N–H and O–H groups in total. The monoisotopic (exact) mass is 409 g/mol. The van der Waals surface area contributed by atoms with Crippen LogP contribution in [0.5, 0.6) is 0 Å². The zero-order chi connectivity index (χ0) is 19.7. The van der Waals surface area contributed by atoms with Crippen molar-refractivity contribution in [1.29, 1.82) is 0 Å². The highest BCUT2D eigenvalue weighted by atomic mass is 32.2. The molecule has 10 heteroatoms. The number of rotatable bonds is 7. The van der Waals surface area contributed by atoms with Crippen LogP contribution in [0.3, 0.4) is 0 Å². The maximum Gasteiger partial charge on any atom is 0.229 e. The standard InChI is InChI=1S/C18H27N5O4S/c24-17-2-1-3-18(25)23(17)10-11-28(26,27)21-14-6-8-22(9-7-14)16-12-15(19-20-16)13-4-5-13/h12-14,21H,1-11H2,(H,19,20). The zero-order valence-corrected chi connectivity index (χ0v) is 16.7. The predicted molar refractivity (Wildman–Crippen MR) is 103 cm³/mol. The first-order chi connectivity index (χ1) is 13.4. The van der Waals surface area contributed by atoms with Crippen molar-refractivity contribution < 1.29 is 18.0 Å². The van der Waals surface area contributed by atoms with Crippen molar-refractivity contribution in [3.05, 3.63) is 11.8 Å². The Hall–Kier alpha value is -1.94. The molecule has 3 fully saturated rings. The van der Waals surface area contributed by atoms with Gasteiger partial charge >= 0.3 is 0 Å². The van der Waals surface area contributed by atoms with Gasteiger partial charge in [-0.05, 0) is 32.1 Å². The van der Waals surface area contributed by atoms with Gasteiger partial charge in [0, 0.05) is 56.2 Å². The summed E-state index contributed by atoms with van der Waals surface area (Å²) in [4.78, 5) is 26.9. The van der Waals surface area contributed by atoms with E-state index in [9.17, 15) is 18.0 Å². The number of H-pyrrole nitrogens is 1. The fourth-order valence-corrected chi connectivity index (χ4v) is 5.18. The quantitative estimate of drug-likeness (QED) is 0.641. The molecule has 0 spiro atoms. The minimum absolute atomic E-state index is 0.0664. The van der Waals surface area contributed by atoms with E-state index in [1.54, 1.807) is 0 Å². The summed E-state index contributed by atoms with van der Waals surface area (Å²) in [6, 6.07) is 1.98. The van der Waals surface area contributed by atoms with E-state index < -0.39 is 10.0 Å². The summed E-state index contributed by atoms with van der Waals surface area (Å²) < 4.78 is 27.5. The Bertz CT molecular complexity index is 824. The third kappa shape index (κ3) is 4.54. The van der Waals surface area contributed by atoms with E-state index in [1.165, 1.54) is 18.5 Å². The molecule has 0 bridgehead atoms. The van der Waals surface area contributed by atoms with Gasteiger partial charge in [0.1, 0.15) is 0 Å². The molecule has 2 aliphatic heterocycles. The second kappa shape index (κ2) is 7.82. The number of hydrogen-bond donors (Lipinski definition) is 2. The van der Waals surface area contributed by atoms with Crippen molar-refractivity contribution >= 4 is 27.7 Å². The Kier molecular flexibility index (Phi) is 5.42. The number of likely N-dealkylation sites (tertiary alicyclic amines) is 1. The van der Waals surface area contributed by atoms with Crippen molar-refractivity contribution in [3.8, 4) is 0 Å². The van der Waals surface area contributed by atoms with Gasteiger partial charge < -0.3 is 4.90 Å². The predicted octanol–water partition coefficient (Wildman–Crippen LogP) is 0.714. The topological polar surface area (TPSA) is 115 Å². The molecule has 154 valence electrons. The minimum atomic E-state index is -3.54. The summed E-state index contributed by atoms with van der Waals surface area (Å²) in [6.07, 6.45) is 5.02. The zero-order valence-electron chi connectivity index (χ0n) is 15.9. The van der Waals surface area contributed by atoms with Crippen LogP contribution in [-0.2, 0) is 19.6 Å². The van der Waals surface area contributed by atoms with Crippen LogP contribution in [0.15, 0.2) is 6.07 Å². The number of amides is 2. The van der Waals surface area contributed by atoms with Gasteiger partial charge in [-0.25, -0.2) is 13.1 Å². The van der Waals surface area contributed by atoms with Crippen molar-refractivity contribution in [2.24, 2.45) is 0 Å². The van der Waals surface area contributed by atoms with E-state index >= 15 is 0 Å². The van der Waals surface area contributed by atoms with Gasteiger partial charge in [0.25, 0.3) is 0 Å². The number of anilines is 1. The highest BCUT2D eigenvalue weighted by Crippen LogP contribution is 2.40. The highest BCUT2D eigenvalue weighted by molar-refractivity contribution is 7.89. The van der Waals surface area contributed by atoms with Gasteiger partial charge in [-0.15, -0.1) is 0 Å². The number of aromatic nitrogens is 2. The molecule has 2 amide bonds. The molecule has 9 nitrogen and oxygen atoms in total. The number of carbonyl (C=O) groups is 2. The lowest BCUT2D eigenvalue weighted by atomic mass is 10.1. The van der Waals surface area contributed by atoms with Gasteiger partial charge in [0.2, 0.25) is 21.8 Å². The third-order valence-corrected chi connectivity index (χ3v) is 7.15. The summed E-state index contributed by atoms with van der Waals surface area (Å²) in [5, 5.41) is 7.50. The number of aromatic amines is 1. The fourth-order valence-electron chi connectivity index (χ4n) is 3.89. The molecule has 1 saturated carbocycles. The second-order valence-corrected chi connectivity index (χ2v) is 9.82. The molecule has 3 heterocycles. The smallest absolute Gasteiger partial charge is 0.229 e. The summed E-state index contributed by atoms with van der Waals surface area (Å²) in [6.45, 7) is 1.42. The Balaban J connectivity index is 1.25. The van der Waals surface area contributed by atoms with Crippen LogP contribution in [0.2, 0.25) is 0 Å². The molecule has 4 rings (SSSR count). The van der Waals surface area contributed by atoms with Crippen molar-refractivity contribution in [1.82, 2.24) is 19.8 Å². The number of hydrogen-bond acceptors (Lipinski definition) is 6. The lowest BCUT2D eigenvalue weighted by Gasteiger charge is -2.32. The summed E-state index contributed by atoms with van der Waals surface area (Å²) in [5.74, 6) is 0.776. The summed E-state index contributed by atoms with van der Waals surface area (Å²) in [5.41, 5.74) is 1.19. The maximum atomic E-state index is 12.4. The van der Waals surface area contributed by atoms with E-state index in [4.69, 9.17) is 0 Å². The second-order valence-electron chi connectivity index (χ2n) is 7.95. The molecular formula is C18H27N5O4S.